The molecule has 0 radical (unpaired) electrons. The highest BCUT2D eigenvalue weighted by Gasteiger charge is 1.87. The van der Waals surface area contributed by atoms with Gasteiger partial charge in [0.1, 0.15) is 0 Å². The standard InChI is InChI=1S/C7H19N3/c1-4-5-6-8-10-9-7(2)3/h7-10H,4-6H2,1-3H3. The lowest BCUT2D eigenvalue weighted by atomic mass is 10.3. The van der Waals surface area contributed by atoms with Crippen LogP contribution in [0.25, 0.3) is 0 Å². The predicted molar refractivity (Wildman–Crippen MR) is 44.3 cm³/mol. The number of hydrogen-bond donors (Lipinski definition) is 3. The summed E-state index contributed by atoms with van der Waals surface area (Å²) in [5.74, 6) is 0. The van der Waals surface area contributed by atoms with Gasteiger partial charge in [0, 0.05) is 12.6 Å². The fraction of sp³-hybridized carbons (Fsp3) is 1.00. The van der Waals surface area contributed by atoms with Gasteiger partial charge in [0.2, 0.25) is 0 Å². The van der Waals surface area contributed by atoms with Crippen LogP contribution in [0, 0.1) is 0 Å². The highest BCUT2D eigenvalue weighted by Crippen LogP contribution is 1.79. The Morgan fingerprint density at radius 2 is 2.00 bits per heavy atom. The molecule has 10 heavy (non-hydrogen) atoms. The summed E-state index contributed by atoms with van der Waals surface area (Å²) < 4.78 is 0. The second-order valence-corrected chi connectivity index (χ2v) is 2.70. The molecule has 0 aliphatic heterocycles. The minimum atomic E-state index is 0.481. The molecule has 0 spiro atoms. The van der Waals surface area contributed by atoms with Crippen LogP contribution in [0.3, 0.4) is 0 Å². The third-order valence-electron chi connectivity index (χ3n) is 1.10. The van der Waals surface area contributed by atoms with Gasteiger partial charge >= 0.3 is 0 Å². The topological polar surface area (TPSA) is 36.1 Å². The summed E-state index contributed by atoms with van der Waals surface area (Å²) in [6.45, 7) is 7.39. The largest absolute Gasteiger partial charge is 0.244 e. The van der Waals surface area contributed by atoms with Crippen molar-refractivity contribution in [1.82, 2.24) is 16.4 Å². The minimum absolute atomic E-state index is 0.481. The van der Waals surface area contributed by atoms with Gasteiger partial charge in [-0.1, -0.05) is 13.3 Å². The monoisotopic (exact) mass is 145 g/mol. The van der Waals surface area contributed by atoms with Crippen LogP contribution in [0.4, 0.5) is 0 Å². The van der Waals surface area contributed by atoms with Crippen molar-refractivity contribution in [3.8, 4) is 0 Å². The summed E-state index contributed by atoms with van der Waals surface area (Å²) in [6.07, 6.45) is 2.45. The quantitative estimate of drug-likeness (QED) is 0.382. The van der Waals surface area contributed by atoms with Crippen LogP contribution in [0.5, 0.6) is 0 Å². The zero-order chi connectivity index (χ0) is 7.82. The van der Waals surface area contributed by atoms with Crippen LogP contribution < -0.4 is 16.4 Å². The average Bonchev–Trinajstić information content (AvgIpc) is 1.87. The Morgan fingerprint density at radius 3 is 2.50 bits per heavy atom. The Hall–Kier alpha value is -0.120. The first-order valence-corrected chi connectivity index (χ1v) is 4.00. The van der Waals surface area contributed by atoms with Gasteiger partial charge in [-0.2, -0.15) is 5.53 Å². The molecule has 0 aromatic rings. The minimum Gasteiger partial charge on any atom is -0.244 e. The first-order valence-electron chi connectivity index (χ1n) is 4.00. The first kappa shape index (κ1) is 9.88. The van der Waals surface area contributed by atoms with Crippen molar-refractivity contribution in [2.24, 2.45) is 0 Å². The van der Waals surface area contributed by atoms with E-state index in [2.05, 4.69) is 37.2 Å². The fourth-order valence-electron chi connectivity index (χ4n) is 0.523. The van der Waals surface area contributed by atoms with E-state index >= 15 is 0 Å². The second kappa shape index (κ2) is 6.99. The van der Waals surface area contributed by atoms with Crippen molar-refractivity contribution in [3.63, 3.8) is 0 Å². The molecule has 0 aliphatic carbocycles. The predicted octanol–water partition coefficient (Wildman–Crippen LogP) is 0.794. The lowest BCUT2D eigenvalue weighted by Gasteiger charge is -2.10. The molecule has 0 rings (SSSR count). The SMILES string of the molecule is CCCCNNNC(C)C. The van der Waals surface area contributed by atoms with Crippen LogP contribution in [-0.4, -0.2) is 12.6 Å². The Bertz CT molecular complexity index is 63.9. The molecule has 62 valence electrons. The Kier molecular flexibility index (Phi) is 6.91. The number of unbranched alkanes of at least 4 members (excludes halogenated alkanes) is 1. The molecular weight excluding hydrogens is 126 g/mol. The van der Waals surface area contributed by atoms with E-state index < -0.39 is 0 Å². The highest BCUT2D eigenvalue weighted by atomic mass is 15.6. The maximum absolute atomic E-state index is 3.06. The van der Waals surface area contributed by atoms with Crippen molar-refractivity contribution in [2.75, 3.05) is 6.54 Å². The molecule has 0 aromatic heterocycles. The van der Waals surface area contributed by atoms with Crippen LogP contribution >= 0.6 is 0 Å². The Balaban J connectivity index is 2.77. The first-order chi connectivity index (χ1) is 4.77. The lowest BCUT2D eigenvalue weighted by Crippen LogP contribution is -2.46. The van der Waals surface area contributed by atoms with Crippen LogP contribution in [-0.2, 0) is 0 Å². The molecule has 3 N–H and O–H groups in total. The molecule has 0 saturated carbocycles. The summed E-state index contributed by atoms with van der Waals surface area (Å²) in [5, 5.41) is 0. The summed E-state index contributed by atoms with van der Waals surface area (Å²) in [5.41, 5.74) is 9.02. The van der Waals surface area contributed by atoms with Crippen LogP contribution in [0.2, 0.25) is 0 Å². The van der Waals surface area contributed by atoms with Gasteiger partial charge in [-0.15, -0.1) is 0 Å². The molecular formula is C7H19N3. The van der Waals surface area contributed by atoms with Gasteiger partial charge in [0.25, 0.3) is 0 Å². The number of hydrogen-bond acceptors (Lipinski definition) is 3. The van der Waals surface area contributed by atoms with Crippen molar-refractivity contribution in [1.29, 1.82) is 0 Å². The van der Waals surface area contributed by atoms with E-state index in [1.807, 2.05) is 0 Å². The fourth-order valence-corrected chi connectivity index (χ4v) is 0.523. The molecule has 0 saturated heterocycles. The second-order valence-electron chi connectivity index (χ2n) is 2.70. The third kappa shape index (κ3) is 7.88. The molecule has 0 aromatic carbocycles. The van der Waals surface area contributed by atoms with Crippen molar-refractivity contribution < 1.29 is 0 Å². The maximum Gasteiger partial charge on any atom is 0.0169 e. The van der Waals surface area contributed by atoms with E-state index in [1.165, 1.54) is 12.8 Å². The number of rotatable bonds is 6. The van der Waals surface area contributed by atoms with Gasteiger partial charge in [-0.25, -0.2) is 10.9 Å². The maximum atomic E-state index is 3.06. The van der Waals surface area contributed by atoms with E-state index in [9.17, 15) is 0 Å². The molecule has 0 amide bonds. The molecule has 0 fully saturated rings. The van der Waals surface area contributed by atoms with Gasteiger partial charge in [-0.3, -0.25) is 0 Å². The summed E-state index contributed by atoms with van der Waals surface area (Å²) in [4.78, 5) is 0. The summed E-state index contributed by atoms with van der Waals surface area (Å²) in [7, 11) is 0. The molecule has 0 atom stereocenters. The van der Waals surface area contributed by atoms with Gasteiger partial charge in [-0.05, 0) is 20.3 Å². The summed E-state index contributed by atoms with van der Waals surface area (Å²) in [6, 6.07) is 0.481. The number of nitrogens with one attached hydrogen (secondary N) is 3. The van der Waals surface area contributed by atoms with E-state index in [0.717, 1.165) is 6.54 Å². The number of hydrazine groups is 2. The lowest BCUT2D eigenvalue weighted by molar-refractivity contribution is 0.393. The highest BCUT2D eigenvalue weighted by molar-refractivity contribution is 4.44. The molecule has 3 heteroatoms. The van der Waals surface area contributed by atoms with Gasteiger partial charge in [0.15, 0.2) is 0 Å². The van der Waals surface area contributed by atoms with Crippen molar-refractivity contribution in [3.05, 3.63) is 0 Å². The van der Waals surface area contributed by atoms with Crippen LogP contribution in [0.15, 0.2) is 0 Å². The van der Waals surface area contributed by atoms with Gasteiger partial charge in [0.05, 0.1) is 0 Å². The molecule has 0 bridgehead atoms. The zero-order valence-corrected chi connectivity index (χ0v) is 7.20. The van der Waals surface area contributed by atoms with Crippen LogP contribution in [0.1, 0.15) is 33.6 Å². The average molecular weight is 145 g/mol. The van der Waals surface area contributed by atoms with Gasteiger partial charge < -0.3 is 0 Å². The molecule has 0 aliphatic rings. The zero-order valence-electron chi connectivity index (χ0n) is 7.20. The van der Waals surface area contributed by atoms with E-state index in [-0.39, 0.29) is 0 Å². The molecule has 0 heterocycles. The molecule has 3 nitrogen and oxygen atoms in total. The third-order valence-corrected chi connectivity index (χ3v) is 1.10. The van der Waals surface area contributed by atoms with E-state index in [4.69, 9.17) is 0 Å². The summed E-state index contributed by atoms with van der Waals surface area (Å²) >= 11 is 0. The Labute approximate surface area is 63.5 Å². The van der Waals surface area contributed by atoms with E-state index in [0.29, 0.717) is 6.04 Å². The van der Waals surface area contributed by atoms with Crippen molar-refractivity contribution >= 4 is 0 Å². The van der Waals surface area contributed by atoms with Crippen molar-refractivity contribution in [2.45, 2.75) is 39.7 Å². The normalized spacial score (nSPS) is 10.8. The smallest absolute Gasteiger partial charge is 0.0169 e. The van der Waals surface area contributed by atoms with E-state index in [1.54, 1.807) is 0 Å². The Morgan fingerprint density at radius 1 is 1.30 bits per heavy atom. The molecule has 0 unspecified atom stereocenters.